The number of hydrogen-bond donors (Lipinski definition) is 0. The van der Waals surface area contributed by atoms with E-state index in [1.165, 1.54) is 18.4 Å². The lowest BCUT2D eigenvalue weighted by Gasteiger charge is -2.56. The van der Waals surface area contributed by atoms with Crippen LogP contribution in [0.3, 0.4) is 0 Å². The zero-order chi connectivity index (χ0) is 17.8. The van der Waals surface area contributed by atoms with Crippen LogP contribution in [0.1, 0.15) is 65.7 Å². The van der Waals surface area contributed by atoms with E-state index in [-0.39, 0.29) is 22.7 Å². The lowest BCUT2D eigenvalue weighted by atomic mass is 9.47. The summed E-state index contributed by atoms with van der Waals surface area (Å²) in [6.07, 6.45) is 9.01. The molecule has 3 heteroatoms. The van der Waals surface area contributed by atoms with E-state index in [1.54, 1.807) is 0 Å². The molecule has 4 aliphatic rings. The van der Waals surface area contributed by atoms with E-state index in [0.29, 0.717) is 29.8 Å². The normalized spacial score (nSPS) is 46.3. The minimum atomic E-state index is -0.231. The fraction of sp³-hybridized carbons (Fsp3) is 0.818. The van der Waals surface area contributed by atoms with Gasteiger partial charge in [0.2, 0.25) is 0 Å². The average Bonchev–Trinajstić information content (AvgIpc) is 2.89. The molecule has 6 atom stereocenters. The topological polar surface area (TPSA) is 43.4 Å². The lowest BCUT2D eigenvalue weighted by Crippen LogP contribution is -2.53. The molecule has 0 aromatic carbocycles. The third-order valence-corrected chi connectivity index (χ3v) is 8.31. The van der Waals surface area contributed by atoms with E-state index in [1.807, 2.05) is 13.0 Å². The van der Waals surface area contributed by atoms with Gasteiger partial charge in [-0.25, -0.2) is 0 Å². The number of rotatable bonds is 3. The Morgan fingerprint density at radius 2 is 1.80 bits per heavy atom. The molecular formula is C22H32O3. The van der Waals surface area contributed by atoms with Crippen LogP contribution in [-0.2, 0) is 14.3 Å². The van der Waals surface area contributed by atoms with Crippen LogP contribution in [0.2, 0.25) is 0 Å². The minimum absolute atomic E-state index is 0.0855. The predicted molar refractivity (Wildman–Crippen MR) is 97.1 cm³/mol. The van der Waals surface area contributed by atoms with E-state index in [4.69, 9.17) is 4.74 Å². The quantitative estimate of drug-likeness (QED) is 0.764. The summed E-state index contributed by atoms with van der Waals surface area (Å²) in [7, 11) is 0. The van der Waals surface area contributed by atoms with Crippen LogP contribution in [0.4, 0.5) is 0 Å². The molecular weight excluding hydrogens is 312 g/mol. The van der Waals surface area contributed by atoms with E-state index in [9.17, 15) is 9.59 Å². The highest BCUT2D eigenvalue weighted by Gasteiger charge is 2.60. The van der Waals surface area contributed by atoms with Crippen LogP contribution in [-0.4, -0.2) is 24.8 Å². The maximum atomic E-state index is 13.1. The molecule has 0 aliphatic heterocycles. The molecule has 3 saturated carbocycles. The fourth-order valence-electron chi connectivity index (χ4n) is 6.68. The van der Waals surface area contributed by atoms with Gasteiger partial charge >= 0.3 is 0 Å². The molecule has 0 radical (unpaired) electrons. The summed E-state index contributed by atoms with van der Waals surface area (Å²) in [5.41, 5.74) is 1.31. The highest BCUT2D eigenvalue weighted by Crippen LogP contribution is 2.63. The summed E-state index contributed by atoms with van der Waals surface area (Å²) in [6, 6.07) is 0. The number of carbonyl (C=O) groups excluding carboxylic acids is 2. The van der Waals surface area contributed by atoms with E-state index >= 15 is 0 Å². The van der Waals surface area contributed by atoms with Gasteiger partial charge in [0.1, 0.15) is 5.78 Å². The van der Waals surface area contributed by atoms with Crippen LogP contribution in [0.5, 0.6) is 0 Å². The summed E-state index contributed by atoms with van der Waals surface area (Å²) in [4.78, 5) is 25.6. The largest absolute Gasteiger partial charge is 0.381 e. The summed E-state index contributed by atoms with van der Waals surface area (Å²) in [5.74, 6) is 2.09. The Labute approximate surface area is 151 Å². The van der Waals surface area contributed by atoms with Gasteiger partial charge in [-0.05, 0) is 74.7 Å². The Morgan fingerprint density at radius 1 is 1.08 bits per heavy atom. The average molecular weight is 344 g/mol. The Morgan fingerprint density at radius 3 is 2.56 bits per heavy atom. The number of allylic oxidation sites excluding steroid dienone is 2. The maximum absolute atomic E-state index is 13.1. The molecule has 25 heavy (non-hydrogen) atoms. The number of carbonyl (C=O) groups is 2. The molecule has 0 saturated heterocycles. The summed E-state index contributed by atoms with van der Waals surface area (Å²) in [6.45, 7) is 8.17. The van der Waals surface area contributed by atoms with Gasteiger partial charge in [0.05, 0.1) is 0 Å². The van der Waals surface area contributed by atoms with Crippen molar-refractivity contribution in [1.82, 2.24) is 0 Å². The molecule has 0 spiro atoms. The second kappa shape index (κ2) is 6.04. The van der Waals surface area contributed by atoms with Gasteiger partial charge in [-0.1, -0.05) is 19.4 Å². The molecule has 0 N–H and O–H groups in total. The van der Waals surface area contributed by atoms with Gasteiger partial charge < -0.3 is 4.74 Å². The first-order valence-electron chi connectivity index (χ1n) is 10.3. The molecule has 3 fully saturated rings. The predicted octanol–water partition coefficient (Wildman–Crippen LogP) is 4.35. The summed E-state index contributed by atoms with van der Waals surface area (Å²) in [5, 5.41) is 0. The van der Waals surface area contributed by atoms with Gasteiger partial charge in [0, 0.05) is 31.0 Å². The summed E-state index contributed by atoms with van der Waals surface area (Å²) < 4.78 is 5.65. The highest BCUT2D eigenvalue weighted by molar-refractivity contribution is 5.96. The van der Waals surface area contributed by atoms with Crippen molar-refractivity contribution in [2.24, 2.45) is 34.5 Å². The van der Waals surface area contributed by atoms with Crippen LogP contribution in [0.15, 0.2) is 11.6 Å². The third kappa shape index (κ3) is 2.49. The maximum Gasteiger partial charge on any atom is 0.159 e. The van der Waals surface area contributed by atoms with Crippen molar-refractivity contribution in [3.63, 3.8) is 0 Å². The lowest BCUT2D eigenvalue weighted by molar-refractivity contribution is -0.139. The standard InChI is InChI=1S/C22H32O3/c1-4-25-13-14-7-9-21(2)15(11-14)12-18(23)20-16-5-6-19(24)22(16,3)10-8-17(20)21/h12,14,16-17,20H,4-11,13H2,1-3H3/t14-,16?,17?,20?,21-,22-/m0/s1. The van der Waals surface area contributed by atoms with Crippen LogP contribution >= 0.6 is 0 Å². The Bertz CT molecular complexity index is 621. The second-order valence-corrected chi connectivity index (χ2v) is 9.41. The van der Waals surface area contributed by atoms with Gasteiger partial charge in [-0.15, -0.1) is 0 Å². The van der Waals surface area contributed by atoms with Crippen molar-refractivity contribution in [2.75, 3.05) is 13.2 Å². The number of ether oxygens (including phenoxy) is 1. The number of ketones is 2. The number of Topliss-reactive ketones (excluding diaryl/α,β-unsaturated/α-hetero) is 1. The van der Waals surface area contributed by atoms with Gasteiger partial charge in [0.15, 0.2) is 5.78 Å². The van der Waals surface area contributed by atoms with E-state index < -0.39 is 0 Å². The van der Waals surface area contributed by atoms with E-state index in [0.717, 1.165) is 38.9 Å². The number of hydrogen-bond acceptors (Lipinski definition) is 3. The first-order chi connectivity index (χ1) is 11.9. The molecule has 4 rings (SSSR count). The monoisotopic (exact) mass is 344 g/mol. The van der Waals surface area contributed by atoms with Gasteiger partial charge in [0.25, 0.3) is 0 Å². The second-order valence-electron chi connectivity index (χ2n) is 9.41. The Kier molecular flexibility index (Phi) is 4.22. The highest BCUT2D eigenvalue weighted by atomic mass is 16.5. The van der Waals surface area contributed by atoms with Crippen molar-refractivity contribution in [3.05, 3.63) is 11.6 Å². The molecule has 0 aromatic heterocycles. The third-order valence-electron chi connectivity index (χ3n) is 8.31. The van der Waals surface area contributed by atoms with Crippen LogP contribution < -0.4 is 0 Å². The molecule has 138 valence electrons. The van der Waals surface area contributed by atoms with Crippen molar-refractivity contribution in [2.45, 2.75) is 65.7 Å². The van der Waals surface area contributed by atoms with Crippen molar-refractivity contribution in [3.8, 4) is 0 Å². The number of fused-ring (bicyclic) bond motifs is 5. The molecule has 0 aromatic rings. The zero-order valence-corrected chi connectivity index (χ0v) is 16.0. The van der Waals surface area contributed by atoms with Crippen molar-refractivity contribution >= 4 is 11.6 Å². The van der Waals surface area contributed by atoms with Gasteiger partial charge in [-0.3, -0.25) is 9.59 Å². The molecule has 4 aliphatic carbocycles. The van der Waals surface area contributed by atoms with Crippen molar-refractivity contribution < 1.29 is 14.3 Å². The molecule has 3 nitrogen and oxygen atoms in total. The Hall–Kier alpha value is -0.960. The first kappa shape index (κ1) is 17.5. The van der Waals surface area contributed by atoms with Crippen LogP contribution in [0.25, 0.3) is 0 Å². The smallest absolute Gasteiger partial charge is 0.159 e. The van der Waals surface area contributed by atoms with Crippen LogP contribution in [0, 0.1) is 34.5 Å². The Balaban J connectivity index is 1.63. The SMILES string of the molecule is CCOC[C@H]1CC[C@@]2(C)C(=CC(=O)C3C2CC[C@]2(C)C(=O)CCC32)C1. The van der Waals surface area contributed by atoms with Crippen molar-refractivity contribution in [1.29, 1.82) is 0 Å². The fourth-order valence-corrected chi connectivity index (χ4v) is 6.68. The molecule has 3 unspecified atom stereocenters. The van der Waals surface area contributed by atoms with E-state index in [2.05, 4.69) is 13.8 Å². The summed E-state index contributed by atoms with van der Waals surface area (Å²) >= 11 is 0. The molecule has 0 heterocycles. The van der Waals surface area contributed by atoms with Gasteiger partial charge in [-0.2, -0.15) is 0 Å². The molecule has 0 amide bonds. The zero-order valence-electron chi connectivity index (χ0n) is 16.0. The first-order valence-corrected chi connectivity index (χ1v) is 10.3. The minimum Gasteiger partial charge on any atom is -0.381 e. The molecule has 0 bridgehead atoms.